The maximum absolute atomic E-state index is 12.7. The summed E-state index contributed by atoms with van der Waals surface area (Å²) in [6.07, 6.45) is 7.01. The van der Waals surface area contributed by atoms with Crippen LogP contribution in [0.2, 0.25) is 0 Å². The molecule has 2 fully saturated rings. The van der Waals surface area contributed by atoms with Crippen LogP contribution in [0.3, 0.4) is 0 Å². The zero-order chi connectivity index (χ0) is 18.7. The zero-order valence-corrected chi connectivity index (χ0v) is 14.1. The first-order chi connectivity index (χ1) is 13.0. The van der Waals surface area contributed by atoms with Gasteiger partial charge in [0.2, 0.25) is 6.79 Å². The molecule has 2 bridgehead atoms. The third-order valence-electron chi connectivity index (χ3n) is 5.77. The van der Waals surface area contributed by atoms with E-state index in [1.54, 1.807) is 0 Å². The van der Waals surface area contributed by atoms with E-state index >= 15 is 0 Å². The summed E-state index contributed by atoms with van der Waals surface area (Å²) in [5, 5.41) is 16.2. The predicted octanol–water partition coefficient (Wildman–Crippen LogP) is 1.85. The van der Waals surface area contributed by atoms with Crippen LogP contribution in [0.15, 0.2) is 29.4 Å². The maximum Gasteiger partial charge on any atom is 0.282 e. The van der Waals surface area contributed by atoms with Gasteiger partial charge in [0.1, 0.15) is 0 Å². The predicted molar refractivity (Wildman–Crippen MR) is 91.0 cm³/mol. The minimum absolute atomic E-state index is 0.0185. The van der Waals surface area contributed by atoms with Gasteiger partial charge in [-0.25, -0.2) is 0 Å². The average molecular weight is 369 g/mol. The Morgan fingerprint density at radius 3 is 2.22 bits per heavy atom. The molecule has 1 aromatic rings. The number of hydrogen-bond donors (Lipinski definition) is 0. The molecule has 6 rings (SSSR count). The van der Waals surface area contributed by atoms with Crippen molar-refractivity contribution in [3.8, 4) is 11.5 Å². The fourth-order valence-electron chi connectivity index (χ4n) is 4.50. The molecule has 138 valence electrons. The number of nitrogens with zero attached hydrogens (tertiary/aromatic N) is 3. The molecule has 0 radical (unpaired) electrons. The van der Waals surface area contributed by atoms with Crippen molar-refractivity contribution in [3.05, 3.63) is 40.0 Å². The quantitative estimate of drug-likeness (QED) is 0.264. The SMILES string of the molecule is O=C1[C@@H]2[C@H](C(=O)N1/N=C\c1cc3c(cc1[N+](=O)[O-])OCO3)[C@H]1C=C[C@H]2CC1. The molecular weight excluding hydrogens is 354 g/mol. The van der Waals surface area contributed by atoms with Gasteiger partial charge in [-0.2, -0.15) is 10.1 Å². The summed E-state index contributed by atoms with van der Waals surface area (Å²) in [5.41, 5.74) is -0.0953. The van der Waals surface area contributed by atoms with Gasteiger partial charge in [-0.1, -0.05) is 12.2 Å². The Labute approximate surface area is 153 Å². The lowest BCUT2D eigenvalue weighted by Crippen LogP contribution is -2.38. The summed E-state index contributed by atoms with van der Waals surface area (Å²) < 4.78 is 10.4. The van der Waals surface area contributed by atoms with E-state index in [4.69, 9.17) is 9.47 Å². The number of imide groups is 1. The molecule has 2 heterocycles. The number of carbonyl (C=O) groups is 2. The Bertz CT molecular complexity index is 907. The van der Waals surface area contributed by atoms with Crippen molar-refractivity contribution in [2.24, 2.45) is 28.8 Å². The molecule has 1 aromatic carbocycles. The van der Waals surface area contributed by atoms with Crippen LogP contribution >= 0.6 is 0 Å². The van der Waals surface area contributed by atoms with E-state index in [1.165, 1.54) is 18.3 Å². The molecule has 0 N–H and O–H groups in total. The van der Waals surface area contributed by atoms with E-state index < -0.39 is 4.92 Å². The van der Waals surface area contributed by atoms with E-state index in [9.17, 15) is 19.7 Å². The number of carbonyl (C=O) groups excluding carboxylic acids is 2. The maximum atomic E-state index is 12.7. The zero-order valence-electron chi connectivity index (χ0n) is 14.1. The molecule has 27 heavy (non-hydrogen) atoms. The van der Waals surface area contributed by atoms with E-state index in [0.717, 1.165) is 17.9 Å². The van der Waals surface area contributed by atoms with Crippen molar-refractivity contribution in [2.75, 3.05) is 6.79 Å². The van der Waals surface area contributed by atoms with Gasteiger partial charge < -0.3 is 9.47 Å². The van der Waals surface area contributed by atoms with Gasteiger partial charge in [0.05, 0.1) is 34.6 Å². The first kappa shape index (κ1) is 16.0. The average Bonchev–Trinajstić information content (AvgIpc) is 3.24. The monoisotopic (exact) mass is 369 g/mol. The van der Waals surface area contributed by atoms with Gasteiger partial charge in [0.15, 0.2) is 11.5 Å². The minimum atomic E-state index is -0.569. The van der Waals surface area contributed by atoms with Crippen molar-refractivity contribution in [1.82, 2.24) is 5.01 Å². The highest BCUT2D eigenvalue weighted by molar-refractivity contribution is 6.06. The fourth-order valence-corrected chi connectivity index (χ4v) is 4.50. The van der Waals surface area contributed by atoms with Crippen molar-refractivity contribution >= 4 is 23.7 Å². The normalized spacial score (nSPS) is 30.4. The number of amides is 2. The lowest BCUT2D eigenvalue weighted by atomic mass is 9.63. The number of ether oxygens (including phenoxy) is 2. The molecule has 3 aliphatic carbocycles. The van der Waals surface area contributed by atoms with Gasteiger partial charge in [-0.15, -0.1) is 0 Å². The van der Waals surface area contributed by atoms with E-state index in [2.05, 4.69) is 5.10 Å². The highest BCUT2D eigenvalue weighted by atomic mass is 16.7. The Kier molecular flexibility index (Phi) is 3.33. The molecule has 9 heteroatoms. The molecule has 2 amide bonds. The van der Waals surface area contributed by atoms with E-state index in [0.29, 0.717) is 5.75 Å². The minimum Gasteiger partial charge on any atom is -0.454 e. The number of allylic oxidation sites excluding steroid dienone is 2. The van der Waals surface area contributed by atoms with Crippen molar-refractivity contribution < 1.29 is 24.0 Å². The molecular formula is C18H15N3O6. The van der Waals surface area contributed by atoms with Crippen LogP contribution in [-0.2, 0) is 9.59 Å². The second kappa shape index (κ2) is 5.63. The van der Waals surface area contributed by atoms with E-state index in [1.807, 2.05) is 12.2 Å². The Morgan fingerprint density at radius 1 is 1.07 bits per heavy atom. The van der Waals surface area contributed by atoms with Gasteiger partial charge in [0, 0.05) is 0 Å². The highest BCUT2D eigenvalue weighted by Gasteiger charge is 2.56. The smallest absolute Gasteiger partial charge is 0.282 e. The van der Waals surface area contributed by atoms with Crippen LogP contribution in [0.1, 0.15) is 18.4 Å². The highest BCUT2D eigenvalue weighted by Crippen LogP contribution is 2.49. The molecule has 1 saturated carbocycles. The van der Waals surface area contributed by atoms with Crippen molar-refractivity contribution in [3.63, 3.8) is 0 Å². The summed E-state index contributed by atoms with van der Waals surface area (Å²) in [5.74, 6) is -0.631. The lowest BCUT2D eigenvalue weighted by Gasteiger charge is -2.37. The van der Waals surface area contributed by atoms with Gasteiger partial charge in [-0.3, -0.25) is 19.7 Å². The lowest BCUT2D eigenvalue weighted by molar-refractivity contribution is -0.385. The summed E-state index contributed by atoms with van der Waals surface area (Å²) in [4.78, 5) is 36.3. The second-order valence-electron chi connectivity index (χ2n) is 7.10. The molecule has 2 aliphatic heterocycles. The second-order valence-corrected chi connectivity index (χ2v) is 7.10. The standard InChI is InChI=1S/C18H15N3O6/c22-17-15-9-1-2-10(4-3-9)16(15)18(23)20(17)19-7-11-5-13-14(27-8-26-13)6-12(11)21(24)25/h1-2,5-7,9-10,15-16H,3-4,8H2/b19-7-/t9-,10-,15-,16+/m0/s1. The van der Waals surface area contributed by atoms with Crippen LogP contribution in [0, 0.1) is 33.8 Å². The summed E-state index contributed by atoms with van der Waals surface area (Å²) in [7, 11) is 0. The summed E-state index contributed by atoms with van der Waals surface area (Å²) >= 11 is 0. The summed E-state index contributed by atoms with van der Waals surface area (Å²) in [6, 6.07) is 2.68. The van der Waals surface area contributed by atoms with E-state index in [-0.39, 0.29) is 59.3 Å². The number of rotatable bonds is 3. The first-order valence-corrected chi connectivity index (χ1v) is 8.73. The number of hydrogen-bond acceptors (Lipinski definition) is 7. The van der Waals surface area contributed by atoms with Gasteiger partial charge in [0.25, 0.3) is 17.5 Å². The topological polar surface area (TPSA) is 111 Å². The molecule has 0 spiro atoms. The number of fused-ring (bicyclic) bond motifs is 2. The van der Waals surface area contributed by atoms with Crippen molar-refractivity contribution in [2.45, 2.75) is 12.8 Å². The summed E-state index contributed by atoms with van der Waals surface area (Å²) in [6.45, 7) is -0.0185. The molecule has 0 aromatic heterocycles. The van der Waals surface area contributed by atoms with Crippen LogP contribution in [0.4, 0.5) is 5.69 Å². The number of hydrazone groups is 1. The number of benzene rings is 1. The first-order valence-electron chi connectivity index (χ1n) is 8.73. The fraction of sp³-hybridized carbons (Fsp3) is 0.389. The third kappa shape index (κ3) is 2.27. The largest absolute Gasteiger partial charge is 0.454 e. The van der Waals surface area contributed by atoms with Gasteiger partial charge in [-0.05, 0) is 30.7 Å². The third-order valence-corrected chi connectivity index (χ3v) is 5.77. The molecule has 9 nitrogen and oxygen atoms in total. The van der Waals surface area contributed by atoms with Gasteiger partial charge >= 0.3 is 0 Å². The molecule has 4 atom stereocenters. The Balaban J connectivity index is 1.48. The van der Waals surface area contributed by atoms with Crippen LogP contribution in [0.25, 0.3) is 0 Å². The van der Waals surface area contributed by atoms with Crippen LogP contribution in [-0.4, -0.2) is 34.8 Å². The molecule has 1 saturated heterocycles. The van der Waals surface area contributed by atoms with Crippen LogP contribution < -0.4 is 9.47 Å². The Hall–Kier alpha value is -3.23. The molecule has 0 unspecified atom stereocenters. The molecule has 5 aliphatic rings. The van der Waals surface area contributed by atoms with Crippen molar-refractivity contribution in [1.29, 1.82) is 0 Å². The number of nitro benzene ring substituents is 1. The Morgan fingerprint density at radius 2 is 1.67 bits per heavy atom. The van der Waals surface area contributed by atoms with Crippen LogP contribution in [0.5, 0.6) is 11.5 Å². The number of nitro groups is 1.